The van der Waals surface area contributed by atoms with Crippen molar-refractivity contribution in [3.05, 3.63) is 0 Å². The Bertz CT molecular complexity index is 115. The fourth-order valence-electron chi connectivity index (χ4n) is 0.299. The van der Waals surface area contributed by atoms with E-state index in [2.05, 4.69) is 46.0 Å². The second kappa shape index (κ2) is 3.49. The molecule has 0 aromatic rings. The van der Waals surface area contributed by atoms with Crippen LogP contribution in [0.2, 0.25) is 19.6 Å². The van der Waals surface area contributed by atoms with Crippen LogP contribution in [0.5, 0.6) is 0 Å². The molecule has 0 atom stereocenters. The van der Waals surface area contributed by atoms with E-state index >= 15 is 0 Å². The molecule has 0 unspecified atom stereocenters. The maximum atomic E-state index is 3.39. The van der Waals surface area contributed by atoms with E-state index in [0.29, 0.717) is 0 Å². The van der Waals surface area contributed by atoms with E-state index in [-0.39, 0.29) is 8.14 Å². The highest BCUT2D eigenvalue weighted by Crippen LogP contribution is 1.95. The molecule has 0 saturated carbocycles. The van der Waals surface area contributed by atoms with Gasteiger partial charge in [0.2, 0.25) is 0 Å². The van der Waals surface area contributed by atoms with Gasteiger partial charge in [-0.15, -0.1) is 26.4 Å². The molecule has 3 heteroatoms. The first kappa shape index (κ1) is 8.47. The quantitative estimate of drug-likeness (QED) is 0.319. The molecule has 0 aliphatic rings. The summed E-state index contributed by atoms with van der Waals surface area (Å²) in [4.78, 5) is 0. The smallest absolute Gasteiger partial charge is 0.139 e. The minimum atomic E-state index is -1.03. The van der Waals surface area contributed by atoms with Crippen LogP contribution in [0.25, 0.3) is 0 Å². The highest BCUT2D eigenvalue weighted by molar-refractivity contribution is 9.23. The highest BCUT2D eigenvalue weighted by atomic mass is 79.9. The predicted octanol–water partition coefficient (Wildman–Crippen LogP) is 1.30. The summed E-state index contributed by atoms with van der Waals surface area (Å²) in [5, 5.41) is 0. The van der Waals surface area contributed by atoms with Gasteiger partial charge in [-0.1, -0.05) is 19.6 Å². The molecule has 0 spiro atoms. The molecule has 46 valence electrons. The lowest BCUT2D eigenvalue weighted by Crippen LogP contribution is -2.16. The maximum absolute atomic E-state index is 3.39. The first-order valence-corrected chi connectivity index (χ1v) is 10.7. The Morgan fingerprint density at radius 3 is 2.00 bits per heavy atom. The molecule has 0 amide bonds. The number of hydrogen-bond acceptors (Lipinski definition) is 0. The summed E-state index contributed by atoms with van der Waals surface area (Å²) in [5.74, 6) is 0. The largest absolute Gasteiger partial charge is 0.178 e. The van der Waals surface area contributed by atoms with Crippen LogP contribution < -0.4 is 0 Å². The minimum absolute atomic E-state index is 0.180. The van der Waals surface area contributed by atoms with Gasteiger partial charge in [-0.25, -0.2) is 0 Å². The zero-order valence-electron chi connectivity index (χ0n) is 5.59. The molecule has 0 nitrogen and oxygen atoms in total. The van der Waals surface area contributed by atoms with Crippen LogP contribution >= 0.6 is 15.3 Å². The minimum Gasteiger partial charge on any atom is -0.139 e. The monoisotopic (exact) mass is 206 g/mol. The molecule has 8 heavy (non-hydrogen) atoms. The van der Waals surface area contributed by atoms with Crippen molar-refractivity contribution in [3.8, 4) is 11.1 Å². The van der Waals surface area contributed by atoms with Crippen molar-refractivity contribution in [1.29, 1.82) is 0 Å². The van der Waals surface area contributed by atoms with E-state index in [1.807, 2.05) is 0 Å². The second-order valence-electron chi connectivity index (χ2n) is 2.69. The summed E-state index contributed by atoms with van der Waals surface area (Å²) in [6.07, 6.45) is 0. The number of rotatable bonds is 0. The Kier molecular flexibility index (Phi) is 3.70. The molecule has 0 aromatic carbocycles. The van der Waals surface area contributed by atoms with Crippen LogP contribution in [0, 0.1) is 11.1 Å². The molecule has 0 aromatic heterocycles. The molecule has 0 N–H and O–H groups in total. The van der Waals surface area contributed by atoms with Crippen molar-refractivity contribution in [2.24, 2.45) is 0 Å². The lowest BCUT2D eigenvalue weighted by atomic mass is 11.4. The first-order valence-electron chi connectivity index (χ1n) is 2.62. The molecule has 0 saturated heterocycles. The van der Waals surface area contributed by atoms with Crippen molar-refractivity contribution in [2.75, 3.05) is 0 Å². The van der Waals surface area contributed by atoms with Crippen LogP contribution in [-0.4, -0.2) is 16.2 Å². The van der Waals surface area contributed by atoms with Crippen LogP contribution in [0.4, 0.5) is 0 Å². The van der Waals surface area contributed by atoms with E-state index in [9.17, 15) is 0 Å². The Morgan fingerprint density at radius 2 is 1.88 bits per heavy atom. The Labute approximate surface area is 62.5 Å². The van der Waals surface area contributed by atoms with Gasteiger partial charge in [-0.2, -0.15) is 0 Å². The molecule has 0 heterocycles. The van der Waals surface area contributed by atoms with Crippen LogP contribution in [-0.2, 0) is 0 Å². The van der Waals surface area contributed by atoms with Gasteiger partial charge in [0.05, 0.1) is 0 Å². The van der Waals surface area contributed by atoms with Crippen molar-refractivity contribution >= 4 is 31.5 Å². The normalized spacial score (nSPS) is 11.5. The van der Waals surface area contributed by atoms with E-state index in [0.717, 1.165) is 0 Å². The molecule has 0 aliphatic carbocycles. The SMILES string of the molecule is C[Si](C)(C)C#C[SiH2]Br. The van der Waals surface area contributed by atoms with E-state index < -0.39 is 8.07 Å². The molecule has 0 radical (unpaired) electrons. The van der Waals surface area contributed by atoms with Gasteiger partial charge in [0.25, 0.3) is 0 Å². The van der Waals surface area contributed by atoms with Gasteiger partial charge in [0.1, 0.15) is 8.07 Å². The van der Waals surface area contributed by atoms with Crippen molar-refractivity contribution in [2.45, 2.75) is 19.6 Å². The van der Waals surface area contributed by atoms with Crippen molar-refractivity contribution < 1.29 is 0 Å². The van der Waals surface area contributed by atoms with Gasteiger partial charge in [-0.3, -0.25) is 0 Å². The lowest BCUT2D eigenvalue weighted by Gasteiger charge is -2.02. The zero-order valence-corrected chi connectivity index (χ0v) is 9.59. The molecule has 0 rings (SSSR count). The maximum Gasteiger partial charge on any atom is 0.178 e. The topological polar surface area (TPSA) is 0 Å². The summed E-state index contributed by atoms with van der Waals surface area (Å²) in [5.41, 5.74) is 6.43. The standard InChI is InChI=1S/C5H11BrSi2/c1-8(2,3)5-4-7-6/h7H2,1-3H3. The van der Waals surface area contributed by atoms with Crippen LogP contribution in [0.15, 0.2) is 0 Å². The average molecular weight is 207 g/mol. The molecular weight excluding hydrogens is 196 g/mol. The molecule has 0 aliphatic heterocycles. The predicted molar refractivity (Wildman–Crippen MR) is 48.6 cm³/mol. The summed E-state index contributed by atoms with van der Waals surface area (Å²) in [6, 6.07) is 0. The third-order valence-corrected chi connectivity index (χ3v) is 2.96. The van der Waals surface area contributed by atoms with Gasteiger partial charge in [-0.05, 0) is 0 Å². The second-order valence-corrected chi connectivity index (χ2v) is 9.74. The van der Waals surface area contributed by atoms with Gasteiger partial charge < -0.3 is 0 Å². The zero-order chi connectivity index (χ0) is 6.62. The van der Waals surface area contributed by atoms with Crippen molar-refractivity contribution in [1.82, 2.24) is 0 Å². The highest BCUT2D eigenvalue weighted by Gasteiger charge is 2.06. The van der Waals surface area contributed by atoms with E-state index in [1.165, 1.54) is 0 Å². The van der Waals surface area contributed by atoms with E-state index in [4.69, 9.17) is 0 Å². The van der Waals surface area contributed by atoms with Crippen LogP contribution in [0.1, 0.15) is 0 Å². The third-order valence-electron chi connectivity index (χ3n) is 0.530. The van der Waals surface area contributed by atoms with Crippen molar-refractivity contribution in [3.63, 3.8) is 0 Å². The summed E-state index contributed by atoms with van der Waals surface area (Å²) >= 11 is 3.39. The Hall–Kier alpha value is 0.474. The summed E-state index contributed by atoms with van der Waals surface area (Å²) in [7, 11) is -1.21. The Morgan fingerprint density at radius 1 is 1.38 bits per heavy atom. The fourth-order valence-corrected chi connectivity index (χ4v) is 3.95. The average Bonchev–Trinajstić information content (AvgIpc) is 1.59. The number of hydrogen-bond donors (Lipinski definition) is 0. The molecule has 0 fully saturated rings. The summed E-state index contributed by atoms with van der Waals surface area (Å²) in [6.45, 7) is 6.78. The molecular formula is C5H11BrSi2. The van der Waals surface area contributed by atoms with Gasteiger partial charge >= 0.3 is 0 Å². The third kappa shape index (κ3) is 6.47. The first-order chi connectivity index (χ1) is 3.56. The fraction of sp³-hybridized carbons (Fsp3) is 0.600. The molecule has 0 bridgehead atoms. The summed E-state index contributed by atoms with van der Waals surface area (Å²) < 4.78 is 0. The van der Waals surface area contributed by atoms with Gasteiger partial charge in [0, 0.05) is 0 Å². The van der Waals surface area contributed by atoms with Crippen LogP contribution in [0.3, 0.4) is 0 Å². The van der Waals surface area contributed by atoms with Gasteiger partial charge in [0.15, 0.2) is 8.14 Å². The Balaban J connectivity index is 3.69. The van der Waals surface area contributed by atoms with E-state index in [1.54, 1.807) is 0 Å². The number of halogens is 1. The lowest BCUT2D eigenvalue weighted by molar-refractivity contribution is 1.82.